The molecule has 0 bridgehead atoms. The molecular formula is C17H21N5O2S. The number of rotatable bonds is 7. The fraction of sp³-hybridized carbons (Fsp3) is 0.294. The molecular weight excluding hydrogens is 338 g/mol. The van der Waals surface area contributed by atoms with Gasteiger partial charge in [0.05, 0.1) is 24.0 Å². The van der Waals surface area contributed by atoms with Crippen LogP contribution in [0.4, 0.5) is 5.82 Å². The van der Waals surface area contributed by atoms with Crippen molar-refractivity contribution in [3.63, 3.8) is 0 Å². The zero-order valence-corrected chi connectivity index (χ0v) is 15.3. The van der Waals surface area contributed by atoms with Gasteiger partial charge in [-0.1, -0.05) is 13.0 Å². The van der Waals surface area contributed by atoms with E-state index in [1.165, 1.54) is 11.3 Å². The van der Waals surface area contributed by atoms with E-state index in [0.717, 1.165) is 11.3 Å². The number of allylic oxidation sites excluding steroid dienone is 2. The Morgan fingerprint density at radius 3 is 2.84 bits per heavy atom. The van der Waals surface area contributed by atoms with Crippen molar-refractivity contribution in [1.82, 2.24) is 20.3 Å². The van der Waals surface area contributed by atoms with Gasteiger partial charge < -0.3 is 15.8 Å². The molecule has 0 saturated heterocycles. The number of nitrogens with zero attached hydrogens (tertiary/aromatic N) is 3. The summed E-state index contributed by atoms with van der Waals surface area (Å²) in [7, 11) is 0. The van der Waals surface area contributed by atoms with Crippen LogP contribution in [-0.4, -0.2) is 20.9 Å². The summed E-state index contributed by atoms with van der Waals surface area (Å²) < 4.78 is 5.57. The summed E-state index contributed by atoms with van der Waals surface area (Å²) in [6.45, 7) is 5.99. The number of carbonyl (C=O) groups excluding carboxylic acids is 1. The van der Waals surface area contributed by atoms with Gasteiger partial charge in [0, 0.05) is 11.1 Å². The van der Waals surface area contributed by atoms with Crippen LogP contribution in [0, 0.1) is 6.92 Å². The highest BCUT2D eigenvalue weighted by molar-refractivity contribution is 7.09. The number of hydrogen-bond donors (Lipinski definition) is 2. The van der Waals surface area contributed by atoms with E-state index in [-0.39, 0.29) is 17.4 Å². The summed E-state index contributed by atoms with van der Waals surface area (Å²) in [4.78, 5) is 25.9. The second kappa shape index (κ2) is 8.93. The van der Waals surface area contributed by atoms with Crippen molar-refractivity contribution in [1.29, 1.82) is 0 Å². The Bertz CT molecular complexity index is 785. The van der Waals surface area contributed by atoms with Crippen molar-refractivity contribution in [3.05, 3.63) is 52.1 Å². The quantitative estimate of drug-likeness (QED) is 0.737. The molecule has 0 radical (unpaired) electrons. The van der Waals surface area contributed by atoms with Gasteiger partial charge >= 0.3 is 0 Å². The minimum absolute atomic E-state index is 0.0634. The molecule has 1 amide bonds. The number of carbonyl (C=O) groups is 1. The van der Waals surface area contributed by atoms with Crippen molar-refractivity contribution < 1.29 is 9.53 Å². The van der Waals surface area contributed by atoms with Crippen molar-refractivity contribution in [2.45, 2.75) is 33.7 Å². The molecule has 132 valence electrons. The van der Waals surface area contributed by atoms with Gasteiger partial charge in [-0.2, -0.15) is 0 Å². The predicted octanol–water partition coefficient (Wildman–Crippen LogP) is 3.05. The maximum Gasteiger partial charge on any atom is 0.274 e. The van der Waals surface area contributed by atoms with Crippen LogP contribution in [0.1, 0.15) is 47.0 Å². The van der Waals surface area contributed by atoms with E-state index in [4.69, 9.17) is 10.5 Å². The smallest absolute Gasteiger partial charge is 0.274 e. The van der Waals surface area contributed by atoms with Crippen molar-refractivity contribution in [2.24, 2.45) is 0 Å². The molecule has 2 heterocycles. The lowest BCUT2D eigenvalue weighted by atomic mass is 10.2. The number of aromatic nitrogens is 3. The van der Waals surface area contributed by atoms with E-state index in [0.29, 0.717) is 23.7 Å². The lowest BCUT2D eigenvalue weighted by molar-refractivity contribution is 0.0946. The van der Waals surface area contributed by atoms with Crippen LogP contribution >= 0.6 is 11.3 Å². The highest BCUT2D eigenvalue weighted by Gasteiger charge is 2.18. The maximum atomic E-state index is 12.3. The van der Waals surface area contributed by atoms with E-state index in [9.17, 15) is 4.79 Å². The number of amides is 1. The van der Waals surface area contributed by atoms with E-state index < -0.39 is 0 Å². The largest absolute Gasteiger partial charge is 0.463 e. The number of anilines is 1. The topological polar surface area (TPSA) is 103 Å². The third-order valence-electron chi connectivity index (χ3n) is 3.17. The number of hydrogen-bond acceptors (Lipinski definition) is 7. The molecule has 0 saturated carbocycles. The van der Waals surface area contributed by atoms with E-state index in [1.807, 2.05) is 19.9 Å². The standard InChI is InChI=1S/C17H21N5O2S/c1-4-6-13(24-7-5-2)14-11(3)21-15(16(18)22-14)17(23)20-9-12-8-19-10-25-12/h5-8,10H,4,9H2,1-3H3,(H2,18,22)(H,20,23)/b7-5-,13-6+. The Morgan fingerprint density at radius 1 is 1.40 bits per heavy atom. The molecule has 0 spiro atoms. The maximum absolute atomic E-state index is 12.3. The lowest BCUT2D eigenvalue weighted by Crippen LogP contribution is -2.25. The molecule has 0 unspecified atom stereocenters. The molecule has 2 rings (SSSR count). The third kappa shape index (κ3) is 4.87. The van der Waals surface area contributed by atoms with Crippen LogP contribution in [0.3, 0.4) is 0 Å². The molecule has 0 atom stereocenters. The first kappa shape index (κ1) is 18.6. The highest BCUT2D eigenvalue weighted by Crippen LogP contribution is 2.21. The van der Waals surface area contributed by atoms with Crippen molar-refractivity contribution in [3.8, 4) is 0 Å². The third-order valence-corrected chi connectivity index (χ3v) is 3.95. The molecule has 0 fully saturated rings. The Kier molecular flexibility index (Phi) is 6.64. The fourth-order valence-corrected chi connectivity index (χ4v) is 2.57. The average Bonchev–Trinajstić information content (AvgIpc) is 3.12. The molecule has 0 aromatic carbocycles. The van der Waals surface area contributed by atoms with Crippen LogP contribution in [0.25, 0.3) is 5.76 Å². The number of nitrogens with two attached hydrogens (primary N) is 1. The highest BCUT2D eigenvalue weighted by atomic mass is 32.1. The monoisotopic (exact) mass is 359 g/mol. The fourth-order valence-electron chi connectivity index (χ4n) is 2.04. The molecule has 8 heteroatoms. The second-order valence-electron chi connectivity index (χ2n) is 5.11. The summed E-state index contributed by atoms with van der Waals surface area (Å²) in [6.07, 6.45) is 7.70. The van der Waals surface area contributed by atoms with E-state index in [2.05, 4.69) is 20.3 Å². The second-order valence-corrected chi connectivity index (χ2v) is 6.08. The molecule has 2 aromatic heterocycles. The predicted molar refractivity (Wildman–Crippen MR) is 98.6 cm³/mol. The summed E-state index contributed by atoms with van der Waals surface area (Å²) in [5, 5.41) is 2.77. The SMILES string of the molecule is C/C=C\O/C(=C/CC)c1nc(N)c(C(=O)NCc2cncs2)nc1C. The van der Waals surface area contributed by atoms with Crippen LogP contribution in [0.5, 0.6) is 0 Å². The van der Waals surface area contributed by atoms with Gasteiger partial charge in [-0.25, -0.2) is 9.97 Å². The molecule has 2 aromatic rings. The Hall–Kier alpha value is -2.74. The van der Waals surface area contributed by atoms with Crippen LogP contribution in [-0.2, 0) is 11.3 Å². The van der Waals surface area contributed by atoms with Gasteiger partial charge in [0.25, 0.3) is 5.91 Å². The molecule has 0 aliphatic rings. The first-order valence-electron chi connectivity index (χ1n) is 7.84. The Balaban J connectivity index is 2.23. The number of nitrogen functional groups attached to an aromatic ring is 1. The van der Waals surface area contributed by atoms with E-state index >= 15 is 0 Å². The van der Waals surface area contributed by atoms with Crippen LogP contribution in [0.2, 0.25) is 0 Å². The summed E-state index contributed by atoms with van der Waals surface area (Å²) >= 11 is 1.46. The molecule has 0 aliphatic heterocycles. The van der Waals surface area contributed by atoms with Gasteiger partial charge in [-0.05, 0) is 26.3 Å². The Morgan fingerprint density at radius 2 is 2.20 bits per heavy atom. The average molecular weight is 359 g/mol. The summed E-state index contributed by atoms with van der Waals surface area (Å²) in [6, 6.07) is 0. The van der Waals surface area contributed by atoms with E-state index in [1.54, 1.807) is 31.0 Å². The van der Waals surface area contributed by atoms with Gasteiger partial charge in [0.15, 0.2) is 11.5 Å². The normalized spacial score (nSPS) is 11.7. The lowest BCUT2D eigenvalue weighted by Gasteiger charge is -2.12. The van der Waals surface area contributed by atoms with Gasteiger partial charge in [-0.3, -0.25) is 9.78 Å². The molecule has 7 nitrogen and oxygen atoms in total. The van der Waals surface area contributed by atoms with Crippen molar-refractivity contribution in [2.75, 3.05) is 5.73 Å². The number of ether oxygens (including phenoxy) is 1. The number of nitrogens with one attached hydrogen (secondary N) is 1. The zero-order valence-electron chi connectivity index (χ0n) is 14.4. The summed E-state index contributed by atoms with van der Waals surface area (Å²) in [5.41, 5.74) is 8.87. The molecule has 25 heavy (non-hydrogen) atoms. The minimum Gasteiger partial charge on any atom is -0.463 e. The van der Waals surface area contributed by atoms with Crippen LogP contribution < -0.4 is 11.1 Å². The number of thiazole rings is 1. The van der Waals surface area contributed by atoms with Crippen LogP contribution in [0.15, 0.2) is 30.1 Å². The molecule has 0 aliphatic carbocycles. The van der Waals surface area contributed by atoms with Gasteiger partial charge in [0.1, 0.15) is 11.5 Å². The van der Waals surface area contributed by atoms with Gasteiger partial charge in [0.2, 0.25) is 0 Å². The number of aryl methyl sites for hydroxylation is 1. The first-order valence-corrected chi connectivity index (χ1v) is 8.72. The van der Waals surface area contributed by atoms with Crippen molar-refractivity contribution >= 4 is 28.8 Å². The summed E-state index contributed by atoms with van der Waals surface area (Å²) in [5.74, 6) is 0.255. The zero-order chi connectivity index (χ0) is 18.2. The Labute approximate surface area is 150 Å². The molecule has 3 N–H and O–H groups in total. The minimum atomic E-state index is -0.372. The van der Waals surface area contributed by atoms with Gasteiger partial charge in [-0.15, -0.1) is 11.3 Å². The first-order chi connectivity index (χ1) is 12.1.